The first-order valence-corrected chi connectivity index (χ1v) is 9.17. The van der Waals surface area contributed by atoms with Gasteiger partial charge < -0.3 is 14.8 Å². The molecule has 2 aromatic rings. The lowest BCUT2D eigenvalue weighted by Gasteiger charge is -2.37. The van der Waals surface area contributed by atoms with Gasteiger partial charge in [0, 0.05) is 38.2 Å². The minimum atomic E-state index is 0. The largest absolute Gasteiger partial charge is 0.496 e. The second-order valence-electron chi connectivity index (χ2n) is 6.79. The lowest BCUT2D eigenvalue weighted by Crippen LogP contribution is -2.46. The van der Waals surface area contributed by atoms with Crippen LogP contribution in [0.3, 0.4) is 0 Å². The van der Waals surface area contributed by atoms with Gasteiger partial charge in [0.25, 0.3) is 0 Å². The Kier molecular flexibility index (Phi) is 6.41. The van der Waals surface area contributed by atoms with Crippen molar-refractivity contribution < 1.29 is 9.47 Å². The Morgan fingerprint density at radius 3 is 3.00 bits per heavy atom. The first kappa shape index (κ1) is 19.0. The summed E-state index contributed by atoms with van der Waals surface area (Å²) in [6.07, 6.45) is 2.11. The van der Waals surface area contributed by atoms with Crippen molar-refractivity contribution in [1.29, 1.82) is 0 Å². The first-order valence-electron chi connectivity index (χ1n) is 9.17. The molecular formula is C21H27ClN2O2. The lowest BCUT2D eigenvalue weighted by atomic mass is 10.0. The Morgan fingerprint density at radius 2 is 2.12 bits per heavy atom. The van der Waals surface area contributed by atoms with E-state index in [0.717, 1.165) is 57.1 Å². The zero-order valence-corrected chi connectivity index (χ0v) is 16.1. The van der Waals surface area contributed by atoms with E-state index in [4.69, 9.17) is 9.47 Å². The second kappa shape index (κ2) is 8.76. The Morgan fingerprint density at radius 1 is 1.23 bits per heavy atom. The van der Waals surface area contributed by atoms with Crippen LogP contribution in [-0.2, 0) is 12.8 Å². The molecule has 140 valence electrons. The number of hydrogen-bond acceptors (Lipinski definition) is 4. The SMILES string of the molecule is COc1ccccc1C1CNCCN1CCc1ccc2c(c1)CCO2.Cl. The number of piperazine rings is 1. The molecule has 4 rings (SSSR count). The van der Waals surface area contributed by atoms with Crippen molar-refractivity contribution in [3.8, 4) is 11.5 Å². The van der Waals surface area contributed by atoms with E-state index in [1.54, 1.807) is 7.11 Å². The summed E-state index contributed by atoms with van der Waals surface area (Å²) in [4.78, 5) is 2.58. The third kappa shape index (κ3) is 3.98. The molecule has 1 atom stereocenters. The van der Waals surface area contributed by atoms with Crippen molar-refractivity contribution in [1.82, 2.24) is 10.2 Å². The fourth-order valence-corrected chi connectivity index (χ4v) is 3.93. The van der Waals surface area contributed by atoms with Crippen LogP contribution < -0.4 is 14.8 Å². The van der Waals surface area contributed by atoms with E-state index in [2.05, 4.69) is 46.6 Å². The molecular weight excluding hydrogens is 348 g/mol. The van der Waals surface area contributed by atoms with Gasteiger partial charge in [-0.25, -0.2) is 0 Å². The summed E-state index contributed by atoms with van der Waals surface area (Å²) in [5.41, 5.74) is 4.04. The Hall–Kier alpha value is -1.75. The van der Waals surface area contributed by atoms with Gasteiger partial charge >= 0.3 is 0 Å². The fraction of sp³-hybridized carbons (Fsp3) is 0.429. The quantitative estimate of drug-likeness (QED) is 0.871. The number of ether oxygens (including phenoxy) is 2. The molecule has 0 aromatic heterocycles. The molecule has 0 spiro atoms. The second-order valence-corrected chi connectivity index (χ2v) is 6.79. The van der Waals surface area contributed by atoms with Crippen molar-refractivity contribution >= 4 is 12.4 Å². The number of fused-ring (bicyclic) bond motifs is 1. The van der Waals surface area contributed by atoms with Gasteiger partial charge in [-0.1, -0.05) is 30.3 Å². The van der Waals surface area contributed by atoms with E-state index in [0.29, 0.717) is 6.04 Å². The van der Waals surface area contributed by atoms with Crippen molar-refractivity contribution in [2.24, 2.45) is 0 Å². The number of halogens is 1. The van der Waals surface area contributed by atoms with Gasteiger partial charge in [0.1, 0.15) is 11.5 Å². The average molecular weight is 375 g/mol. The molecule has 0 saturated carbocycles. The van der Waals surface area contributed by atoms with Gasteiger partial charge in [-0.05, 0) is 29.7 Å². The highest BCUT2D eigenvalue weighted by Crippen LogP contribution is 2.31. The van der Waals surface area contributed by atoms with Crippen LogP contribution in [0, 0.1) is 0 Å². The molecule has 0 bridgehead atoms. The van der Waals surface area contributed by atoms with Crippen LogP contribution in [0.15, 0.2) is 42.5 Å². The van der Waals surface area contributed by atoms with Crippen LogP contribution in [0.4, 0.5) is 0 Å². The predicted octanol–water partition coefficient (Wildman–Crippen LogP) is 3.24. The minimum absolute atomic E-state index is 0. The van der Waals surface area contributed by atoms with E-state index < -0.39 is 0 Å². The molecule has 5 heteroatoms. The molecule has 1 saturated heterocycles. The molecule has 1 fully saturated rings. The first-order chi connectivity index (χ1) is 12.3. The van der Waals surface area contributed by atoms with Gasteiger partial charge in [-0.3, -0.25) is 4.90 Å². The van der Waals surface area contributed by atoms with Crippen LogP contribution in [-0.4, -0.2) is 44.8 Å². The maximum atomic E-state index is 5.62. The number of rotatable bonds is 5. The van der Waals surface area contributed by atoms with Crippen LogP contribution in [0.1, 0.15) is 22.7 Å². The van der Waals surface area contributed by atoms with E-state index in [1.165, 1.54) is 16.7 Å². The topological polar surface area (TPSA) is 33.7 Å². The summed E-state index contributed by atoms with van der Waals surface area (Å²) in [5.74, 6) is 2.05. The summed E-state index contributed by atoms with van der Waals surface area (Å²) in [6, 6.07) is 15.4. The van der Waals surface area contributed by atoms with Gasteiger partial charge in [0.05, 0.1) is 19.8 Å². The molecule has 2 aliphatic heterocycles. The smallest absolute Gasteiger partial charge is 0.123 e. The third-order valence-corrected chi connectivity index (χ3v) is 5.29. The minimum Gasteiger partial charge on any atom is -0.496 e. The lowest BCUT2D eigenvalue weighted by molar-refractivity contribution is 0.161. The summed E-state index contributed by atoms with van der Waals surface area (Å²) < 4.78 is 11.2. The normalized spacial score (nSPS) is 19.3. The third-order valence-electron chi connectivity index (χ3n) is 5.29. The Balaban J connectivity index is 0.00000196. The molecule has 1 N–H and O–H groups in total. The summed E-state index contributed by atoms with van der Waals surface area (Å²) in [5, 5.41) is 3.53. The highest BCUT2D eigenvalue weighted by molar-refractivity contribution is 5.85. The van der Waals surface area contributed by atoms with E-state index in [1.807, 2.05) is 6.07 Å². The molecule has 2 aliphatic rings. The highest BCUT2D eigenvalue weighted by Gasteiger charge is 2.25. The van der Waals surface area contributed by atoms with Crippen LogP contribution in [0.5, 0.6) is 11.5 Å². The molecule has 0 amide bonds. The number of hydrogen-bond donors (Lipinski definition) is 1. The number of nitrogens with one attached hydrogen (secondary N) is 1. The van der Waals surface area contributed by atoms with E-state index >= 15 is 0 Å². The maximum Gasteiger partial charge on any atom is 0.123 e. The highest BCUT2D eigenvalue weighted by atomic mass is 35.5. The standard InChI is InChI=1S/C21H26N2O2.ClH/c1-24-21-5-3-2-4-18(21)19-15-22-10-12-23(19)11-8-16-6-7-20-17(14-16)9-13-25-20;/h2-7,14,19,22H,8-13,15H2,1H3;1H. The molecule has 0 radical (unpaired) electrons. The van der Waals surface area contributed by atoms with E-state index in [9.17, 15) is 0 Å². The van der Waals surface area contributed by atoms with Crippen molar-refractivity contribution in [2.75, 3.05) is 39.9 Å². The number of nitrogens with zero attached hydrogens (tertiary/aromatic N) is 1. The summed E-state index contributed by atoms with van der Waals surface area (Å²) in [7, 11) is 1.76. The Labute approximate surface area is 161 Å². The molecule has 1 unspecified atom stereocenters. The Bertz CT molecular complexity index is 738. The van der Waals surface area contributed by atoms with Crippen LogP contribution in [0.25, 0.3) is 0 Å². The van der Waals surface area contributed by atoms with E-state index in [-0.39, 0.29) is 12.4 Å². The zero-order chi connectivity index (χ0) is 17.1. The van der Waals surface area contributed by atoms with Crippen molar-refractivity contribution in [3.63, 3.8) is 0 Å². The zero-order valence-electron chi connectivity index (χ0n) is 15.2. The maximum absolute atomic E-state index is 5.62. The van der Waals surface area contributed by atoms with Crippen LogP contribution in [0.2, 0.25) is 0 Å². The van der Waals surface area contributed by atoms with Crippen LogP contribution >= 0.6 is 12.4 Å². The number of para-hydroxylation sites is 1. The van der Waals surface area contributed by atoms with Gasteiger partial charge in [-0.2, -0.15) is 0 Å². The predicted molar refractivity (Wildman–Crippen MR) is 107 cm³/mol. The number of methoxy groups -OCH3 is 1. The monoisotopic (exact) mass is 374 g/mol. The summed E-state index contributed by atoms with van der Waals surface area (Å²) >= 11 is 0. The van der Waals surface area contributed by atoms with Gasteiger partial charge in [0.2, 0.25) is 0 Å². The fourth-order valence-electron chi connectivity index (χ4n) is 3.93. The molecule has 4 nitrogen and oxygen atoms in total. The molecule has 2 aromatic carbocycles. The molecule has 0 aliphatic carbocycles. The van der Waals surface area contributed by atoms with Crippen molar-refractivity contribution in [3.05, 3.63) is 59.2 Å². The van der Waals surface area contributed by atoms with Crippen molar-refractivity contribution in [2.45, 2.75) is 18.9 Å². The number of benzene rings is 2. The van der Waals surface area contributed by atoms with Gasteiger partial charge in [-0.15, -0.1) is 12.4 Å². The average Bonchev–Trinajstić information content (AvgIpc) is 3.14. The van der Waals surface area contributed by atoms with Gasteiger partial charge in [0.15, 0.2) is 0 Å². The molecule has 26 heavy (non-hydrogen) atoms. The molecule has 2 heterocycles. The summed E-state index contributed by atoms with van der Waals surface area (Å²) in [6.45, 7) is 4.97.